The molecule has 2 aliphatic carbocycles. The molecule has 1 aromatic carbocycles. The number of imide groups is 1. The van der Waals surface area contributed by atoms with Gasteiger partial charge in [0.05, 0.1) is 0 Å². The quantitative estimate of drug-likeness (QED) is 0.813. The summed E-state index contributed by atoms with van der Waals surface area (Å²) in [5, 5.41) is 2.96. The number of amides is 4. The monoisotopic (exact) mass is 383 g/mol. The van der Waals surface area contributed by atoms with E-state index in [0.717, 1.165) is 43.4 Å². The molecule has 1 saturated heterocycles. The molecule has 1 aromatic rings. The summed E-state index contributed by atoms with van der Waals surface area (Å²) in [6, 6.07) is 8.05. The second-order valence-electron chi connectivity index (χ2n) is 8.42. The summed E-state index contributed by atoms with van der Waals surface area (Å²) in [6.45, 7) is 0.366. The van der Waals surface area contributed by atoms with Gasteiger partial charge in [0.2, 0.25) is 5.91 Å². The summed E-state index contributed by atoms with van der Waals surface area (Å²) < 4.78 is 0. The van der Waals surface area contributed by atoms with Crippen molar-refractivity contribution in [1.82, 2.24) is 15.1 Å². The summed E-state index contributed by atoms with van der Waals surface area (Å²) >= 11 is 0. The second-order valence-corrected chi connectivity index (χ2v) is 8.42. The minimum absolute atomic E-state index is 0.182. The van der Waals surface area contributed by atoms with Gasteiger partial charge in [-0.15, -0.1) is 0 Å². The van der Waals surface area contributed by atoms with Gasteiger partial charge in [0.25, 0.3) is 5.91 Å². The van der Waals surface area contributed by atoms with Crippen molar-refractivity contribution < 1.29 is 14.4 Å². The summed E-state index contributed by atoms with van der Waals surface area (Å²) in [5.74, 6) is -0.157. The number of likely N-dealkylation sites (N-methyl/N-ethyl adjacent to an activating group) is 1. The van der Waals surface area contributed by atoms with E-state index < -0.39 is 5.54 Å². The number of urea groups is 1. The van der Waals surface area contributed by atoms with Crippen molar-refractivity contribution in [1.29, 1.82) is 0 Å². The Labute approximate surface area is 166 Å². The fraction of sp³-hybridized carbons (Fsp3) is 0.591. The highest BCUT2D eigenvalue weighted by Crippen LogP contribution is 2.39. The number of rotatable bonds is 4. The highest BCUT2D eigenvalue weighted by atomic mass is 16.2. The Bertz CT molecular complexity index is 785. The average Bonchev–Trinajstić information content (AvgIpc) is 2.89. The van der Waals surface area contributed by atoms with Crippen LogP contribution in [0.3, 0.4) is 0 Å². The Kier molecular flexibility index (Phi) is 5.13. The van der Waals surface area contributed by atoms with Gasteiger partial charge in [-0.05, 0) is 43.2 Å². The van der Waals surface area contributed by atoms with Gasteiger partial charge in [-0.2, -0.15) is 0 Å². The average molecular weight is 383 g/mol. The zero-order valence-corrected chi connectivity index (χ0v) is 16.6. The Hall–Kier alpha value is -2.37. The third-order valence-electron chi connectivity index (χ3n) is 6.82. The Morgan fingerprint density at radius 2 is 1.89 bits per heavy atom. The van der Waals surface area contributed by atoms with Gasteiger partial charge in [0.1, 0.15) is 12.1 Å². The van der Waals surface area contributed by atoms with E-state index in [4.69, 9.17) is 0 Å². The smallest absolute Gasteiger partial charge is 0.327 e. The Morgan fingerprint density at radius 3 is 2.68 bits per heavy atom. The fourth-order valence-corrected chi connectivity index (χ4v) is 5.17. The van der Waals surface area contributed by atoms with Crippen LogP contribution in [0.15, 0.2) is 24.3 Å². The molecule has 1 atom stereocenters. The molecule has 28 heavy (non-hydrogen) atoms. The highest BCUT2D eigenvalue weighted by molar-refractivity contribution is 6.08. The van der Waals surface area contributed by atoms with Crippen LogP contribution in [0.5, 0.6) is 0 Å². The number of hydrogen-bond acceptors (Lipinski definition) is 3. The summed E-state index contributed by atoms with van der Waals surface area (Å²) in [5.41, 5.74) is 1.94. The minimum atomic E-state index is -0.724. The molecule has 6 heteroatoms. The number of aryl methyl sites for hydroxylation is 1. The Balaban J connectivity index is 1.38. The molecule has 3 aliphatic rings. The maximum absolute atomic E-state index is 13.0. The maximum Gasteiger partial charge on any atom is 0.327 e. The van der Waals surface area contributed by atoms with E-state index in [0.29, 0.717) is 25.3 Å². The number of carbonyl (C=O) groups excluding carboxylic acids is 3. The number of nitrogens with zero attached hydrogens (tertiary/aromatic N) is 2. The van der Waals surface area contributed by atoms with Gasteiger partial charge >= 0.3 is 6.03 Å². The SMILES string of the molecule is CN1C(=O)N(CC(=O)NCC2CCCc3ccccc32)C(=O)C12CCCCC2. The van der Waals surface area contributed by atoms with Crippen LogP contribution in [0.1, 0.15) is 62.0 Å². The molecule has 0 aromatic heterocycles. The van der Waals surface area contributed by atoms with Crippen LogP contribution in [-0.4, -0.2) is 53.3 Å². The first-order chi connectivity index (χ1) is 13.5. The van der Waals surface area contributed by atoms with Crippen molar-refractivity contribution in [3.05, 3.63) is 35.4 Å². The molecule has 150 valence electrons. The van der Waals surface area contributed by atoms with E-state index in [1.807, 2.05) is 6.07 Å². The molecule has 1 heterocycles. The van der Waals surface area contributed by atoms with Crippen LogP contribution >= 0.6 is 0 Å². The highest BCUT2D eigenvalue weighted by Gasteiger charge is 2.55. The Morgan fingerprint density at radius 1 is 1.14 bits per heavy atom. The van der Waals surface area contributed by atoms with Crippen LogP contribution in [0, 0.1) is 0 Å². The molecule has 4 rings (SSSR count). The number of hydrogen-bond donors (Lipinski definition) is 1. The summed E-state index contributed by atoms with van der Waals surface area (Å²) in [4.78, 5) is 40.9. The van der Waals surface area contributed by atoms with Crippen molar-refractivity contribution in [3.63, 3.8) is 0 Å². The molecular weight excluding hydrogens is 354 g/mol. The van der Waals surface area contributed by atoms with Crippen LogP contribution in [0.4, 0.5) is 4.79 Å². The lowest BCUT2D eigenvalue weighted by Gasteiger charge is -2.35. The van der Waals surface area contributed by atoms with Gasteiger partial charge < -0.3 is 10.2 Å². The van der Waals surface area contributed by atoms with Gasteiger partial charge in [0, 0.05) is 19.5 Å². The number of carbonyl (C=O) groups is 3. The number of fused-ring (bicyclic) bond motifs is 1. The molecule has 0 bridgehead atoms. The van der Waals surface area contributed by atoms with Crippen LogP contribution in [0.2, 0.25) is 0 Å². The van der Waals surface area contributed by atoms with E-state index in [1.165, 1.54) is 11.1 Å². The summed E-state index contributed by atoms with van der Waals surface area (Å²) in [6.07, 6.45) is 7.65. The van der Waals surface area contributed by atoms with E-state index in [2.05, 4.69) is 23.5 Å². The molecule has 1 aliphatic heterocycles. The van der Waals surface area contributed by atoms with Crippen LogP contribution in [0.25, 0.3) is 0 Å². The van der Waals surface area contributed by atoms with Crippen LogP contribution < -0.4 is 5.32 Å². The molecule has 6 nitrogen and oxygen atoms in total. The van der Waals surface area contributed by atoms with Crippen molar-refractivity contribution >= 4 is 17.8 Å². The molecule has 4 amide bonds. The van der Waals surface area contributed by atoms with Gasteiger partial charge in [-0.25, -0.2) is 4.79 Å². The molecular formula is C22H29N3O3. The third-order valence-corrected chi connectivity index (χ3v) is 6.82. The number of nitrogens with one attached hydrogen (secondary N) is 1. The van der Waals surface area contributed by atoms with E-state index in [1.54, 1.807) is 11.9 Å². The number of benzene rings is 1. The predicted molar refractivity (Wildman–Crippen MR) is 106 cm³/mol. The zero-order chi connectivity index (χ0) is 19.7. The van der Waals surface area contributed by atoms with Crippen molar-refractivity contribution in [3.8, 4) is 0 Å². The minimum Gasteiger partial charge on any atom is -0.354 e. The van der Waals surface area contributed by atoms with Crippen LogP contribution in [-0.2, 0) is 16.0 Å². The van der Waals surface area contributed by atoms with Gasteiger partial charge in [0.15, 0.2) is 0 Å². The first-order valence-corrected chi connectivity index (χ1v) is 10.5. The molecule has 1 N–H and O–H groups in total. The summed E-state index contributed by atoms with van der Waals surface area (Å²) in [7, 11) is 1.70. The van der Waals surface area contributed by atoms with Gasteiger partial charge in [-0.1, -0.05) is 43.5 Å². The van der Waals surface area contributed by atoms with E-state index in [-0.39, 0.29) is 24.4 Å². The predicted octanol–water partition coefficient (Wildman–Crippen LogP) is 2.82. The first kappa shape index (κ1) is 19.0. The largest absolute Gasteiger partial charge is 0.354 e. The van der Waals surface area contributed by atoms with Gasteiger partial charge in [-0.3, -0.25) is 14.5 Å². The third kappa shape index (κ3) is 3.19. The maximum atomic E-state index is 13.0. The van der Waals surface area contributed by atoms with E-state index >= 15 is 0 Å². The molecule has 1 spiro atoms. The molecule has 2 fully saturated rings. The van der Waals surface area contributed by atoms with E-state index in [9.17, 15) is 14.4 Å². The van der Waals surface area contributed by atoms with Crippen molar-refractivity contribution in [2.24, 2.45) is 0 Å². The zero-order valence-electron chi connectivity index (χ0n) is 16.6. The normalized spacial score (nSPS) is 23.8. The van der Waals surface area contributed by atoms with Crippen molar-refractivity contribution in [2.75, 3.05) is 20.1 Å². The lowest BCUT2D eigenvalue weighted by Crippen LogP contribution is -2.49. The molecule has 1 unspecified atom stereocenters. The lowest BCUT2D eigenvalue weighted by molar-refractivity contribution is -0.137. The molecule has 1 saturated carbocycles. The van der Waals surface area contributed by atoms with Crippen molar-refractivity contribution in [2.45, 2.75) is 62.8 Å². The topological polar surface area (TPSA) is 69.7 Å². The lowest BCUT2D eigenvalue weighted by atomic mass is 9.81. The first-order valence-electron chi connectivity index (χ1n) is 10.5. The fourth-order valence-electron chi connectivity index (χ4n) is 5.17. The standard InChI is InChI=1S/C22H29N3O3/c1-24-21(28)25(20(27)22(24)12-5-2-6-13-22)15-19(26)23-14-17-10-7-9-16-8-3-4-11-18(16)17/h3-4,8,11,17H,2,5-7,9-10,12-15H2,1H3,(H,23,26). The molecule has 0 radical (unpaired) electrons. The second kappa shape index (κ2) is 7.57.